The van der Waals surface area contributed by atoms with Crippen LogP contribution < -0.4 is 0 Å². The van der Waals surface area contributed by atoms with Crippen molar-refractivity contribution in [1.82, 2.24) is 0 Å². The summed E-state index contributed by atoms with van der Waals surface area (Å²) in [6.45, 7) is 5.09. The third kappa shape index (κ3) is 2.36. The highest BCUT2D eigenvalue weighted by Gasteiger charge is 2.14. The van der Waals surface area contributed by atoms with E-state index in [-0.39, 0.29) is 16.2 Å². The van der Waals surface area contributed by atoms with Gasteiger partial charge in [0.25, 0.3) is 0 Å². The molecule has 0 heterocycles. The van der Waals surface area contributed by atoms with Gasteiger partial charge >= 0.3 is 5.97 Å². The first-order valence-electron chi connectivity index (χ1n) is 4.20. The van der Waals surface area contributed by atoms with Gasteiger partial charge in [-0.1, -0.05) is 18.2 Å². The molecule has 4 heteroatoms. The molecule has 2 nitrogen and oxygen atoms in total. The molecular formula is C11H10ClFO2. The van der Waals surface area contributed by atoms with E-state index in [2.05, 4.69) is 11.3 Å². The molecule has 0 saturated heterocycles. The van der Waals surface area contributed by atoms with Crippen LogP contribution >= 0.6 is 11.6 Å². The molecule has 0 fully saturated rings. The van der Waals surface area contributed by atoms with Gasteiger partial charge in [-0.05, 0) is 24.6 Å². The number of aryl methyl sites for hydroxylation is 1. The molecule has 1 rings (SSSR count). The highest BCUT2D eigenvalue weighted by Crippen LogP contribution is 2.26. The van der Waals surface area contributed by atoms with Crippen LogP contribution in [0.2, 0.25) is 5.02 Å². The Morgan fingerprint density at radius 3 is 2.67 bits per heavy atom. The molecule has 15 heavy (non-hydrogen) atoms. The van der Waals surface area contributed by atoms with Gasteiger partial charge in [-0.25, -0.2) is 9.18 Å². The highest BCUT2D eigenvalue weighted by molar-refractivity contribution is 6.34. The molecule has 0 amide bonds. The molecule has 0 aliphatic carbocycles. The fraction of sp³-hybridized carbons (Fsp3) is 0.182. The quantitative estimate of drug-likeness (QED) is 0.575. The Morgan fingerprint density at radius 1 is 1.53 bits per heavy atom. The minimum Gasteiger partial charge on any atom is -0.465 e. The maximum atomic E-state index is 13.2. The summed E-state index contributed by atoms with van der Waals surface area (Å²) >= 11 is 5.86. The normalized spacial score (nSPS) is 9.87. The second kappa shape index (κ2) is 4.45. The minimum atomic E-state index is -0.625. The van der Waals surface area contributed by atoms with E-state index in [1.165, 1.54) is 19.2 Å². The SMILES string of the molecule is C=C(C(=O)OC)c1cc(F)c(C)cc1Cl. The second-order valence-corrected chi connectivity index (χ2v) is 3.46. The van der Waals surface area contributed by atoms with Crippen LogP contribution in [0.4, 0.5) is 4.39 Å². The van der Waals surface area contributed by atoms with E-state index in [0.717, 1.165) is 0 Å². The first-order chi connectivity index (χ1) is 6.97. The number of carbonyl (C=O) groups excluding carboxylic acids is 1. The van der Waals surface area contributed by atoms with Gasteiger partial charge in [-0.15, -0.1) is 0 Å². The Balaban J connectivity index is 3.21. The lowest BCUT2D eigenvalue weighted by Gasteiger charge is -2.07. The van der Waals surface area contributed by atoms with Gasteiger partial charge in [0.15, 0.2) is 0 Å². The smallest absolute Gasteiger partial charge is 0.337 e. The zero-order valence-electron chi connectivity index (χ0n) is 8.43. The summed E-state index contributed by atoms with van der Waals surface area (Å²) in [7, 11) is 1.23. The molecule has 0 aliphatic rings. The molecular weight excluding hydrogens is 219 g/mol. The topological polar surface area (TPSA) is 26.3 Å². The van der Waals surface area contributed by atoms with Crippen LogP contribution in [0.5, 0.6) is 0 Å². The molecule has 0 N–H and O–H groups in total. The Hall–Kier alpha value is -1.35. The van der Waals surface area contributed by atoms with Gasteiger partial charge in [0.2, 0.25) is 0 Å². The van der Waals surface area contributed by atoms with Crippen molar-refractivity contribution in [2.24, 2.45) is 0 Å². The van der Waals surface area contributed by atoms with Crippen molar-refractivity contribution < 1.29 is 13.9 Å². The number of methoxy groups -OCH3 is 1. The summed E-state index contributed by atoms with van der Waals surface area (Å²) in [5, 5.41) is 0.282. The molecule has 1 aromatic rings. The van der Waals surface area contributed by atoms with E-state index in [0.29, 0.717) is 5.56 Å². The summed E-state index contributed by atoms with van der Waals surface area (Å²) < 4.78 is 17.7. The van der Waals surface area contributed by atoms with E-state index < -0.39 is 11.8 Å². The summed E-state index contributed by atoms with van der Waals surface area (Å²) in [5.41, 5.74) is 0.717. The van der Waals surface area contributed by atoms with E-state index in [1.54, 1.807) is 6.92 Å². The number of hydrogen-bond donors (Lipinski definition) is 0. The Morgan fingerprint density at radius 2 is 2.13 bits per heavy atom. The second-order valence-electron chi connectivity index (χ2n) is 3.05. The highest BCUT2D eigenvalue weighted by atomic mass is 35.5. The molecule has 0 saturated carbocycles. The van der Waals surface area contributed by atoms with Crippen molar-refractivity contribution in [3.05, 3.63) is 40.7 Å². The Kier molecular flexibility index (Phi) is 3.48. The molecule has 0 unspecified atom stereocenters. The average molecular weight is 229 g/mol. The molecule has 0 bridgehead atoms. The molecule has 0 radical (unpaired) electrons. The van der Waals surface area contributed by atoms with Crippen molar-refractivity contribution in [3.63, 3.8) is 0 Å². The summed E-state index contributed by atoms with van der Waals surface area (Å²) in [6, 6.07) is 2.62. The lowest BCUT2D eigenvalue weighted by Crippen LogP contribution is -2.03. The molecule has 0 aromatic heterocycles. The average Bonchev–Trinajstić information content (AvgIpc) is 2.21. The van der Waals surface area contributed by atoms with Crippen LogP contribution in [-0.4, -0.2) is 13.1 Å². The van der Waals surface area contributed by atoms with E-state index in [9.17, 15) is 9.18 Å². The lowest BCUT2D eigenvalue weighted by molar-refractivity contribution is -0.133. The van der Waals surface area contributed by atoms with Gasteiger partial charge in [-0.3, -0.25) is 0 Å². The minimum absolute atomic E-state index is 0.0430. The number of halogens is 2. The third-order valence-electron chi connectivity index (χ3n) is 2.01. The fourth-order valence-electron chi connectivity index (χ4n) is 1.11. The zero-order chi connectivity index (χ0) is 11.6. The monoisotopic (exact) mass is 228 g/mol. The molecule has 0 spiro atoms. The first-order valence-corrected chi connectivity index (χ1v) is 4.58. The van der Waals surface area contributed by atoms with Crippen LogP contribution in [0.3, 0.4) is 0 Å². The van der Waals surface area contributed by atoms with Gasteiger partial charge < -0.3 is 4.74 Å². The van der Waals surface area contributed by atoms with Crippen molar-refractivity contribution in [3.8, 4) is 0 Å². The number of rotatable bonds is 2. The fourth-order valence-corrected chi connectivity index (χ4v) is 1.44. The lowest BCUT2D eigenvalue weighted by atomic mass is 10.1. The van der Waals surface area contributed by atoms with E-state index in [4.69, 9.17) is 11.6 Å². The van der Waals surface area contributed by atoms with Crippen molar-refractivity contribution in [1.29, 1.82) is 0 Å². The van der Waals surface area contributed by atoms with Crippen LogP contribution in [0, 0.1) is 12.7 Å². The van der Waals surface area contributed by atoms with Crippen molar-refractivity contribution in [2.45, 2.75) is 6.92 Å². The van der Waals surface area contributed by atoms with Gasteiger partial charge in [0.05, 0.1) is 12.7 Å². The Labute approximate surface area is 92.3 Å². The first kappa shape index (κ1) is 11.7. The summed E-state index contributed by atoms with van der Waals surface area (Å²) in [5.74, 6) is -1.06. The maximum Gasteiger partial charge on any atom is 0.337 e. The molecule has 0 aliphatic heterocycles. The van der Waals surface area contributed by atoms with Crippen LogP contribution in [0.1, 0.15) is 11.1 Å². The summed E-state index contributed by atoms with van der Waals surface area (Å²) in [6.07, 6.45) is 0. The zero-order valence-corrected chi connectivity index (χ0v) is 9.19. The standard InChI is InChI=1S/C11H10ClFO2/c1-6-4-9(12)8(5-10(6)13)7(2)11(14)15-3/h4-5H,2H2,1,3H3. The predicted octanol–water partition coefficient (Wildman–Crippen LogP) is 2.97. The Bertz CT molecular complexity index is 427. The van der Waals surface area contributed by atoms with E-state index >= 15 is 0 Å². The number of benzene rings is 1. The number of hydrogen-bond acceptors (Lipinski definition) is 2. The van der Waals surface area contributed by atoms with E-state index in [1.807, 2.05) is 0 Å². The van der Waals surface area contributed by atoms with Crippen LogP contribution in [0.25, 0.3) is 5.57 Å². The molecule has 1 aromatic carbocycles. The number of carbonyl (C=O) groups is 1. The number of esters is 1. The van der Waals surface area contributed by atoms with Gasteiger partial charge in [-0.2, -0.15) is 0 Å². The van der Waals surface area contributed by atoms with Gasteiger partial charge in [0, 0.05) is 10.6 Å². The van der Waals surface area contributed by atoms with Crippen LogP contribution in [-0.2, 0) is 9.53 Å². The third-order valence-corrected chi connectivity index (χ3v) is 2.32. The molecule has 80 valence electrons. The summed E-state index contributed by atoms with van der Waals surface area (Å²) in [4.78, 5) is 11.2. The maximum absolute atomic E-state index is 13.2. The predicted molar refractivity (Wildman–Crippen MR) is 57.2 cm³/mol. The molecule has 0 atom stereocenters. The van der Waals surface area contributed by atoms with Gasteiger partial charge in [0.1, 0.15) is 5.82 Å². The largest absolute Gasteiger partial charge is 0.465 e. The number of ether oxygens (including phenoxy) is 1. The van der Waals surface area contributed by atoms with Crippen molar-refractivity contribution >= 4 is 23.1 Å². The van der Waals surface area contributed by atoms with Crippen LogP contribution in [0.15, 0.2) is 18.7 Å². The van der Waals surface area contributed by atoms with Crippen molar-refractivity contribution in [2.75, 3.05) is 7.11 Å².